The van der Waals surface area contributed by atoms with Gasteiger partial charge in [-0.05, 0) is 101 Å². The lowest BCUT2D eigenvalue weighted by molar-refractivity contribution is -0.190. The van der Waals surface area contributed by atoms with Gasteiger partial charge in [0.05, 0.1) is 42.5 Å². The van der Waals surface area contributed by atoms with E-state index < -0.39 is 42.5 Å². The summed E-state index contributed by atoms with van der Waals surface area (Å²) in [6.07, 6.45) is -1.37. The van der Waals surface area contributed by atoms with E-state index in [4.69, 9.17) is 15.7 Å². The van der Waals surface area contributed by atoms with Crippen molar-refractivity contribution >= 4 is 66.8 Å². The van der Waals surface area contributed by atoms with E-state index in [2.05, 4.69) is 67.6 Å². The fraction of sp³-hybridized carbons (Fsp3) is 0.571. The number of benzene rings is 2. The third-order valence-electron chi connectivity index (χ3n) is 10.7. The molecule has 2 aliphatic rings. The van der Waals surface area contributed by atoms with E-state index in [-0.39, 0.29) is 24.4 Å². The number of halogens is 3. The summed E-state index contributed by atoms with van der Waals surface area (Å²) in [5, 5.41) is 2.14. The number of rotatable bonds is 9. The van der Waals surface area contributed by atoms with Crippen molar-refractivity contribution in [1.29, 1.82) is 0 Å². The standard InChI is InChI=1S/C22H28F3N3O3S.C20H28N4O2S/c1-13-5-7-17(28(10-13)20(29)21(30)31-12-22(23,24)25)15-6-8-18-16(9-15)26-19(32-18)14(2)11-27(3)4;1-12-5-7-16(24(10-12)20(26)18(21)25)14-6-8-17-15(9-14)22-19(27-17)13(2)11-23(3)4/h6,8-9,13-14,17H,5,7,10-12H2,1-4H3;6,8-9,12-13,16H,5,7,10-11H2,1-4H3,(H2,21,25)/t13-,14?,17+;12-,13?,16+/m00/s1. The molecule has 4 aromatic rings. The van der Waals surface area contributed by atoms with Gasteiger partial charge in [-0.15, -0.1) is 22.7 Å². The molecule has 0 radical (unpaired) electrons. The summed E-state index contributed by atoms with van der Waals surface area (Å²) in [4.78, 5) is 65.3. The van der Waals surface area contributed by atoms with E-state index >= 15 is 0 Å². The number of hydrogen-bond donors (Lipinski definition) is 1. The summed E-state index contributed by atoms with van der Waals surface area (Å²) in [6.45, 7) is 9.24. The number of nitrogens with zero attached hydrogens (tertiary/aromatic N) is 6. The van der Waals surface area contributed by atoms with Crippen molar-refractivity contribution in [2.75, 3.05) is 61.0 Å². The number of thiazole rings is 2. The zero-order valence-corrected chi connectivity index (χ0v) is 36.7. The Kier molecular flexibility index (Phi) is 15.1. The van der Waals surface area contributed by atoms with Crippen LogP contribution in [-0.4, -0.2) is 120 Å². The minimum Gasteiger partial charge on any atom is -0.449 e. The van der Waals surface area contributed by atoms with Crippen molar-refractivity contribution < 1.29 is 37.1 Å². The summed E-state index contributed by atoms with van der Waals surface area (Å²) in [7, 11) is 8.15. The molecule has 0 saturated carbocycles. The average Bonchev–Trinajstić information content (AvgIpc) is 3.80. The number of aromatic nitrogens is 2. The van der Waals surface area contributed by atoms with E-state index in [0.717, 1.165) is 73.9 Å². The van der Waals surface area contributed by atoms with E-state index in [0.29, 0.717) is 24.8 Å². The molecule has 322 valence electrons. The molecule has 12 nitrogen and oxygen atoms in total. The minimum absolute atomic E-state index is 0.116. The number of primary amides is 1. The summed E-state index contributed by atoms with van der Waals surface area (Å²) in [6, 6.07) is 11.5. The molecule has 17 heteroatoms. The molecule has 2 N–H and O–H groups in total. The quantitative estimate of drug-likeness (QED) is 0.138. The molecular formula is C42H56F3N7O5S2. The first-order chi connectivity index (χ1) is 27.7. The molecule has 3 amide bonds. The topological polar surface area (TPSA) is 142 Å². The van der Waals surface area contributed by atoms with Crippen molar-refractivity contribution in [2.45, 2.75) is 83.5 Å². The van der Waals surface area contributed by atoms with Crippen molar-refractivity contribution in [2.24, 2.45) is 17.6 Å². The van der Waals surface area contributed by atoms with Gasteiger partial charge in [-0.1, -0.05) is 39.8 Å². The SMILES string of the molecule is CC(CN(C)C)c1nc2cc([C@H]3CC[C@H](C)CN3C(=O)C(=O)OCC(F)(F)F)ccc2s1.CC(CN(C)C)c1nc2cc([C@H]3CC[C@H](C)CN3C(=O)C(N)=O)ccc2s1. The van der Waals surface area contributed by atoms with Gasteiger partial charge in [-0.3, -0.25) is 14.4 Å². The predicted octanol–water partition coefficient (Wildman–Crippen LogP) is 7.11. The maximum atomic E-state index is 12.7. The van der Waals surface area contributed by atoms with Crippen LogP contribution in [0, 0.1) is 11.8 Å². The fourth-order valence-electron chi connectivity index (χ4n) is 7.93. The number of esters is 1. The van der Waals surface area contributed by atoms with Crippen LogP contribution in [0.5, 0.6) is 0 Å². The zero-order chi connectivity index (χ0) is 43.3. The first-order valence-electron chi connectivity index (χ1n) is 20.0. The number of alkyl halides is 3. The second-order valence-electron chi connectivity index (χ2n) is 16.8. The van der Waals surface area contributed by atoms with Gasteiger partial charge < -0.3 is 30.1 Å². The Morgan fingerprint density at radius 3 is 1.58 bits per heavy atom. The number of ether oxygens (including phenoxy) is 1. The number of carbonyl (C=O) groups excluding carboxylic acids is 4. The van der Waals surface area contributed by atoms with Crippen molar-refractivity contribution in [3.8, 4) is 0 Å². The van der Waals surface area contributed by atoms with Crippen LogP contribution in [0.4, 0.5) is 13.2 Å². The predicted molar refractivity (Wildman–Crippen MR) is 225 cm³/mol. The molecule has 2 aromatic heterocycles. The number of amides is 3. The molecule has 0 spiro atoms. The highest BCUT2D eigenvalue weighted by Gasteiger charge is 2.38. The molecule has 2 unspecified atom stereocenters. The molecule has 2 aromatic carbocycles. The van der Waals surface area contributed by atoms with Gasteiger partial charge in [0.1, 0.15) is 0 Å². The van der Waals surface area contributed by atoms with Crippen LogP contribution in [0.2, 0.25) is 0 Å². The molecule has 6 atom stereocenters. The van der Waals surface area contributed by atoms with Crippen LogP contribution < -0.4 is 5.73 Å². The van der Waals surface area contributed by atoms with E-state index in [1.165, 1.54) is 4.90 Å². The van der Waals surface area contributed by atoms with Crippen LogP contribution in [-0.2, 0) is 23.9 Å². The highest BCUT2D eigenvalue weighted by atomic mass is 32.1. The molecule has 4 heterocycles. The molecule has 2 fully saturated rings. The highest BCUT2D eigenvalue weighted by Crippen LogP contribution is 2.38. The molecule has 2 saturated heterocycles. The van der Waals surface area contributed by atoms with Gasteiger partial charge in [0.2, 0.25) is 0 Å². The van der Waals surface area contributed by atoms with Crippen molar-refractivity contribution in [3.05, 3.63) is 57.5 Å². The molecule has 0 aliphatic carbocycles. The molecule has 59 heavy (non-hydrogen) atoms. The number of piperidine rings is 2. The van der Waals surface area contributed by atoms with Crippen LogP contribution >= 0.6 is 22.7 Å². The summed E-state index contributed by atoms with van der Waals surface area (Å²) in [5.41, 5.74) is 8.90. The summed E-state index contributed by atoms with van der Waals surface area (Å²) >= 11 is 3.35. The Balaban J connectivity index is 0.000000227. The van der Waals surface area contributed by atoms with Gasteiger partial charge in [0.15, 0.2) is 6.61 Å². The average molecular weight is 860 g/mol. The maximum absolute atomic E-state index is 12.7. The van der Waals surface area contributed by atoms with Crippen LogP contribution in [0.25, 0.3) is 20.4 Å². The lowest BCUT2D eigenvalue weighted by Gasteiger charge is -2.38. The Bertz CT molecular complexity index is 2120. The number of likely N-dealkylation sites (tertiary alicyclic amines) is 2. The lowest BCUT2D eigenvalue weighted by atomic mass is 9.89. The Morgan fingerprint density at radius 2 is 1.19 bits per heavy atom. The number of likely N-dealkylation sites (N-methyl/N-ethyl adjacent to an activating group) is 2. The van der Waals surface area contributed by atoms with Gasteiger partial charge >= 0.3 is 29.9 Å². The van der Waals surface area contributed by atoms with Crippen LogP contribution in [0.15, 0.2) is 36.4 Å². The minimum atomic E-state index is -4.68. The number of nitrogens with two attached hydrogens (primary N) is 1. The zero-order valence-electron chi connectivity index (χ0n) is 35.0. The Labute approximate surface area is 351 Å². The van der Waals surface area contributed by atoms with Crippen LogP contribution in [0.3, 0.4) is 0 Å². The largest absolute Gasteiger partial charge is 0.449 e. The summed E-state index contributed by atoms with van der Waals surface area (Å²) < 4.78 is 43.6. The van der Waals surface area contributed by atoms with E-state index in [1.807, 2.05) is 39.2 Å². The van der Waals surface area contributed by atoms with Crippen molar-refractivity contribution in [3.63, 3.8) is 0 Å². The van der Waals surface area contributed by atoms with Crippen molar-refractivity contribution in [1.82, 2.24) is 29.6 Å². The van der Waals surface area contributed by atoms with E-state index in [9.17, 15) is 32.3 Å². The normalized spacial score (nSPS) is 21.0. The molecular weight excluding hydrogens is 804 g/mol. The van der Waals surface area contributed by atoms with Gasteiger partial charge in [0, 0.05) is 38.0 Å². The Hall–Kier alpha value is -4.19. The third kappa shape index (κ3) is 12.0. The first kappa shape index (κ1) is 45.9. The smallest absolute Gasteiger partial charge is 0.422 e. The monoisotopic (exact) mass is 859 g/mol. The van der Waals surface area contributed by atoms with E-state index in [1.54, 1.807) is 27.6 Å². The molecule has 0 bridgehead atoms. The van der Waals surface area contributed by atoms with Gasteiger partial charge in [-0.25, -0.2) is 14.8 Å². The number of hydrogen-bond acceptors (Lipinski definition) is 11. The first-order valence-corrected chi connectivity index (χ1v) is 21.6. The highest BCUT2D eigenvalue weighted by molar-refractivity contribution is 7.19. The van der Waals surface area contributed by atoms with Gasteiger partial charge in [-0.2, -0.15) is 13.2 Å². The number of carbonyl (C=O) groups is 4. The third-order valence-corrected chi connectivity index (χ3v) is 13.2. The fourth-order valence-corrected chi connectivity index (χ4v) is 9.91. The lowest BCUT2D eigenvalue weighted by Crippen LogP contribution is -2.46. The summed E-state index contributed by atoms with van der Waals surface area (Å²) in [5.74, 6) is -2.86. The second-order valence-corrected chi connectivity index (χ2v) is 18.9. The number of fused-ring (bicyclic) bond motifs is 2. The maximum Gasteiger partial charge on any atom is 0.422 e. The van der Waals surface area contributed by atoms with Gasteiger partial charge in [0.25, 0.3) is 0 Å². The Morgan fingerprint density at radius 1 is 0.763 bits per heavy atom. The molecule has 6 rings (SSSR count). The molecule has 2 aliphatic heterocycles. The van der Waals surface area contributed by atoms with Crippen LogP contribution in [0.1, 0.15) is 98.4 Å². The second kappa shape index (κ2) is 19.5.